The second-order valence-electron chi connectivity index (χ2n) is 3.47. The van der Waals surface area contributed by atoms with Crippen LogP contribution in [-0.2, 0) is 4.79 Å². The van der Waals surface area contributed by atoms with Gasteiger partial charge in [0.15, 0.2) is 0 Å². The van der Waals surface area contributed by atoms with Crippen molar-refractivity contribution >= 4 is 21.7 Å². The summed E-state index contributed by atoms with van der Waals surface area (Å²) in [6.45, 7) is 0. The molecule has 0 heterocycles. The standard InChI is InChI=1S/C11H11BrO/c12-9-4-1-3-8(7-9)10-5-2-6-11(10)13/h1,3-4,7,10H,2,5-6H2. The minimum Gasteiger partial charge on any atom is -0.299 e. The van der Waals surface area contributed by atoms with E-state index in [0.717, 1.165) is 29.3 Å². The van der Waals surface area contributed by atoms with Crippen LogP contribution in [0.2, 0.25) is 0 Å². The van der Waals surface area contributed by atoms with Gasteiger partial charge in [0.1, 0.15) is 5.78 Å². The maximum atomic E-state index is 11.5. The van der Waals surface area contributed by atoms with Crippen LogP contribution in [0.5, 0.6) is 0 Å². The van der Waals surface area contributed by atoms with Crippen molar-refractivity contribution in [3.63, 3.8) is 0 Å². The third kappa shape index (κ3) is 1.83. The number of Topliss-reactive ketones (excluding diaryl/α,β-unsaturated/α-hetero) is 1. The Kier molecular flexibility index (Phi) is 2.49. The Morgan fingerprint density at radius 2 is 2.23 bits per heavy atom. The highest BCUT2D eigenvalue weighted by molar-refractivity contribution is 9.10. The number of benzene rings is 1. The summed E-state index contributed by atoms with van der Waals surface area (Å²) in [5.41, 5.74) is 1.16. The molecule has 1 aromatic carbocycles. The average molecular weight is 239 g/mol. The van der Waals surface area contributed by atoms with Gasteiger partial charge in [0, 0.05) is 16.8 Å². The molecule has 1 fully saturated rings. The van der Waals surface area contributed by atoms with Crippen molar-refractivity contribution in [2.45, 2.75) is 25.2 Å². The molecule has 0 radical (unpaired) electrons. The zero-order chi connectivity index (χ0) is 9.26. The van der Waals surface area contributed by atoms with Gasteiger partial charge in [-0.05, 0) is 30.5 Å². The van der Waals surface area contributed by atoms with Crippen molar-refractivity contribution in [2.75, 3.05) is 0 Å². The van der Waals surface area contributed by atoms with Crippen LogP contribution >= 0.6 is 15.9 Å². The minimum absolute atomic E-state index is 0.164. The summed E-state index contributed by atoms with van der Waals surface area (Å²) >= 11 is 3.42. The van der Waals surface area contributed by atoms with Crippen LogP contribution in [0, 0.1) is 0 Å². The maximum absolute atomic E-state index is 11.5. The van der Waals surface area contributed by atoms with Crippen molar-refractivity contribution in [3.05, 3.63) is 34.3 Å². The molecule has 0 saturated heterocycles. The Bertz CT molecular complexity index is 333. The van der Waals surface area contributed by atoms with Gasteiger partial charge >= 0.3 is 0 Å². The van der Waals surface area contributed by atoms with E-state index in [1.165, 1.54) is 0 Å². The molecule has 0 aliphatic heterocycles. The van der Waals surface area contributed by atoms with Gasteiger partial charge in [-0.15, -0.1) is 0 Å². The second kappa shape index (κ2) is 3.62. The highest BCUT2D eigenvalue weighted by atomic mass is 79.9. The molecule has 2 heteroatoms. The number of hydrogen-bond donors (Lipinski definition) is 0. The number of carbonyl (C=O) groups is 1. The minimum atomic E-state index is 0.164. The molecule has 1 nitrogen and oxygen atoms in total. The van der Waals surface area contributed by atoms with Crippen LogP contribution in [0.3, 0.4) is 0 Å². The van der Waals surface area contributed by atoms with E-state index < -0.39 is 0 Å². The van der Waals surface area contributed by atoms with Gasteiger partial charge < -0.3 is 0 Å². The van der Waals surface area contributed by atoms with Crippen molar-refractivity contribution in [1.29, 1.82) is 0 Å². The van der Waals surface area contributed by atoms with Gasteiger partial charge in [-0.3, -0.25) is 4.79 Å². The zero-order valence-corrected chi connectivity index (χ0v) is 8.88. The van der Waals surface area contributed by atoms with E-state index in [9.17, 15) is 4.79 Å². The van der Waals surface area contributed by atoms with Crippen molar-refractivity contribution in [3.8, 4) is 0 Å². The third-order valence-corrected chi connectivity index (χ3v) is 3.05. The van der Waals surface area contributed by atoms with Crippen LogP contribution in [0.4, 0.5) is 0 Å². The highest BCUT2D eigenvalue weighted by Gasteiger charge is 2.25. The summed E-state index contributed by atoms with van der Waals surface area (Å²) in [4.78, 5) is 11.5. The number of hydrogen-bond acceptors (Lipinski definition) is 1. The fraction of sp³-hybridized carbons (Fsp3) is 0.364. The van der Waals surface area contributed by atoms with Crippen molar-refractivity contribution in [1.82, 2.24) is 0 Å². The first kappa shape index (κ1) is 8.95. The van der Waals surface area contributed by atoms with E-state index in [4.69, 9.17) is 0 Å². The Labute approximate surface area is 86.3 Å². The molecular formula is C11H11BrO. The molecule has 0 aromatic heterocycles. The van der Waals surface area contributed by atoms with E-state index in [2.05, 4.69) is 15.9 Å². The predicted molar refractivity (Wildman–Crippen MR) is 55.7 cm³/mol. The third-order valence-electron chi connectivity index (χ3n) is 2.56. The SMILES string of the molecule is O=C1CCCC1c1cccc(Br)c1. The molecular weight excluding hydrogens is 228 g/mol. The quantitative estimate of drug-likeness (QED) is 0.734. The molecule has 2 rings (SSSR count). The van der Waals surface area contributed by atoms with E-state index in [0.29, 0.717) is 5.78 Å². The molecule has 0 spiro atoms. The van der Waals surface area contributed by atoms with Crippen LogP contribution in [0.15, 0.2) is 28.7 Å². The Balaban J connectivity index is 2.29. The predicted octanol–water partition coefficient (Wildman–Crippen LogP) is 3.29. The number of carbonyl (C=O) groups excluding carboxylic acids is 1. The lowest BCUT2D eigenvalue weighted by Crippen LogP contribution is -2.03. The van der Waals surface area contributed by atoms with Crippen LogP contribution < -0.4 is 0 Å². The normalized spacial score (nSPS) is 22.2. The fourth-order valence-electron chi connectivity index (χ4n) is 1.89. The summed E-state index contributed by atoms with van der Waals surface area (Å²) in [6, 6.07) is 8.07. The maximum Gasteiger partial charge on any atom is 0.140 e. The number of rotatable bonds is 1. The van der Waals surface area contributed by atoms with Crippen molar-refractivity contribution < 1.29 is 4.79 Å². The topological polar surface area (TPSA) is 17.1 Å². The smallest absolute Gasteiger partial charge is 0.140 e. The lowest BCUT2D eigenvalue weighted by atomic mass is 9.97. The van der Waals surface area contributed by atoms with Gasteiger partial charge in [0.2, 0.25) is 0 Å². The van der Waals surface area contributed by atoms with Crippen LogP contribution in [0.1, 0.15) is 30.7 Å². The first-order valence-electron chi connectivity index (χ1n) is 4.55. The molecule has 1 saturated carbocycles. The van der Waals surface area contributed by atoms with Gasteiger partial charge in [0.05, 0.1) is 0 Å². The lowest BCUT2D eigenvalue weighted by Gasteiger charge is -2.07. The largest absolute Gasteiger partial charge is 0.299 e. The summed E-state index contributed by atoms with van der Waals surface area (Å²) in [7, 11) is 0. The second-order valence-corrected chi connectivity index (χ2v) is 4.38. The van der Waals surface area contributed by atoms with Gasteiger partial charge in [-0.1, -0.05) is 28.1 Å². The lowest BCUT2D eigenvalue weighted by molar-refractivity contribution is -0.118. The van der Waals surface area contributed by atoms with Gasteiger partial charge in [0.25, 0.3) is 0 Å². The van der Waals surface area contributed by atoms with E-state index >= 15 is 0 Å². The number of ketones is 1. The molecule has 1 aliphatic rings. The average Bonchev–Trinajstić information content (AvgIpc) is 2.51. The summed E-state index contributed by atoms with van der Waals surface area (Å²) < 4.78 is 1.06. The Morgan fingerprint density at radius 1 is 1.38 bits per heavy atom. The van der Waals surface area contributed by atoms with E-state index in [1.54, 1.807) is 0 Å². The monoisotopic (exact) mass is 238 g/mol. The first-order valence-corrected chi connectivity index (χ1v) is 5.35. The van der Waals surface area contributed by atoms with E-state index in [-0.39, 0.29) is 5.92 Å². The zero-order valence-electron chi connectivity index (χ0n) is 7.29. The molecule has 13 heavy (non-hydrogen) atoms. The first-order chi connectivity index (χ1) is 6.27. The van der Waals surface area contributed by atoms with E-state index in [1.807, 2.05) is 24.3 Å². The molecule has 0 N–H and O–H groups in total. The summed E-state index contributed by atoms with van der Waals surface area (Å²) in [5.74, 6) is 0.565. The Morgan fingerprint density at radius 3 is 2.85 bits per heavy atom. The molecule has 68 valence electrons. The summed E-state index contributed by atoms with van der Waals surface area (Å²) in [6.07, 6.45) is 2.84. The highest BCUT2D eigenvalue weighted by Crippen LogP contribution is 2.32. The molecule has 1 aromatic rings. The molecule has 0 amide bonds. The van der Waals surface area contributed by atoms with Crippen LogP contribution in [0.25, 0.3) is 0 Å². The molecule has 1 atom stereocenters. The summed E-state index contributed by atoms with van der Waals surface area (Å²) in [5, 5.41) is 0. The van der Waals surface area contributed by atoms with Gasteiger partial charge in [-0.25, -0.2) is 0 Å². The van der Waals surface area contributed by atoms with Crippen molar-refractivity contribution in [2.24, 2.45) is 0 Å². The molecule has 0 bridgehead atoms. The number of halogens is 1. The molecule has 1 aliphatic carbocycles. The molecule has 1 unspecified atom stereocenters. The fourth-order valence-corrected chi connectivity index (χ4v) is 2.31. The van der Waals surface area contributed by atoms with Gasteiger partial charge in [-0.2, -0.15) is 0 Å². The van der Waals surface area contributed by atoms with Crippen LogP contribution in [-0.4, -0.2) is 5.78 Å². The Hall–Kier alpha value is -0.630.